The highest BCUT2D eigenvalue weighted by Crippen LogP contribution is 2.29. The molecular weight excluding hydrogens is 491 g/mol. The smallest absolute Gasteiger partial charge is 0.490 e. The number of aromatic nitrogens is 2. The summed E-state index contributed by atoms with van der Waals surface area (Å²) in [6.45, 7) is 2.74. The zero-order valence-corrected chi connectivity index (χ0v) is 20.1. The van der Waals surface area contributed by atoms with Gasteiger partial charge in [-0.05, 0) is 54.0 Å². The summed E-state index contributed by atoms with van der Waals surface area (Å²) in [6, 6.07) is 11.8. The number of nitrogens with zero attached hydrogens (tertiary/aromatic N) is 2. The van der Waals surface area contributed by atoms with Crippen LogP contribution in [0.1, 0.15) is 37.3 Å². The number of rotatable bonds is 10. The van der Waals surface area contributed by atoms with E-state index >= 15 is 4.39 Å². The van der Waals surface area contributed by atoms with Crippen LogP contribution < -0.4 is 9.47 Å². The summed E-state index contributed by atoms with van der Waals surface area (Å²) in [6.07, 6.45) is 1.92. The molecule has 0 spiro atoms. The van der Waals surface area contributed by atoms with Gasteiger partial charge in [-0.15, -0.1) is 13.2 Å². The highest BCUT2D eigenvalue weighted by Gasteiger charge is 2.32. The lowest BCUT2D eigenvalue weighted by atomic mass is 9.99. The van der Waals surface area contributed by atoms with Crippen LogP contribution in [-0.4, -0.2) is 22.9 Å². The SMILES string of the molecule is CCCCCOc1cnc(-c2ccc3c(F)c(CCc4ccc(OC(F)(F)F)c(F)c4)ccc3c2)nc1. The molecule has 0 radical (unpaired) electrons. The van der Waals surface area contributed by atoms with Crippen molar-refractivity contribution in [3.8, 4) is 22.9 Å². The average Bonchev–Trinajstić information content (AvgIpc) is 2.87. The number of hydrogen-bond acceptors (Lipinski definition) is 4. The van der Waals surface area contributed by atoms with Crippen molar-refractivity contribution < 1.29 is 31.4 Å². The molecule has 0 aliphatic rings. The van der Waals surface area contributed by atoms with Gasteiger partial charge in [-0.25, -0.2) is 18.7 Å². The van der Waals surface area contributed by atoms with E-state index in [2.05, 4.69) is 21.6 Å². The molecule has 194 valence electrons. The first-order valence-electron chi connectivity index (χ1n) is 11.9. The Bertz CT molecular complexity index is 1360. The van der Waals surface area contributed by atoms with Gasteiger partial charge in [0.2, 0.25) is 0 Å². The van der Waals surface area contributed by atoms with Crippen LogP contribution in [0.4, 0.5) is 22.0 Å². The van der Waals surface area contributed by atoms with E-state index in [-0.39, 0.29) is 12.8 Å². The predicted molar refractivity (Wildman–Crippen MR) is 130 cm³/mol. The molecular formula is C28H25F5N2O2. The molecule has 0 bridgehead atoms. The standard InChI is InChI=1S/C28H25F5N2O2/c1-2-3-4-13-36-22-16-34-27(35-17-22)21-10-11-23-20(15-21)9-8-19(26(23)30)7-5-18-6-12-25(24(29)14-18)37-28(31,32)33/h6,8-12,14-17H,2-5,7,13H2,1H3. The van der Waals surface area contributed by atoms with Crippen molar-refractivity contribution in [2.24, 2.45) is 0 Å². The van der Waals surface area contributed by atoms with Gasteiger partial charge in [0.05, 0.1) is 19.0 Å². The van der Waals surface area contributed by atoms with Crippen LogP contribution in [0, 0.1) is 11.6 Å². The number of alkyl halides is 3. The fourth-order valence-corrected chi connectivity index (χ4v) is 3.94. The third-order valence-corrected chi connectivity index (χ3v) is 5.84. The van der Waals surface area contributed by atoms with Gasteiger partial charge in [-0.2, -0.15) is 0 Å². The number of ether oxygens (including phenoxy) is 2. The maximum absolute atomic E-state index is 15.2. The Balaban J connectivity index is 1.44. The molecule has 4 rings (SSSR count). The van der Waals surface area contributed by atoms with E-state index in [1.807, 2.05) is 0 Å². The number of halogens is 5. The Labute approximate surface area is 211 Å². The quantitative estimate of drug-likeness (QED) is 0.159. The van der Waals surface area contributed by atoms with Crippen molar-refractivity contribution in [3.63, 3.8) is 0 Å². The van der Waals surface area contributed by atoms with Crippen molar-refractivity contribution in [2.45, 2.75) is 45.4 Å². The molecule has 0 saturated heterocycles. The van der Waals surface area contributed by atoms with Crippen molar-refractivity contribution in [3.05, 3.63) is 83.7 Å². The first-order chi connectivity index (χ1) is 17.7. The molecule has 1 aromatic heterocycles. The summed E-state index contributed by atoms with van der Waals surface area (Å²) >= 11 is 0. The fraction of sp³-hybridized carbons (Fsp3) is 0.286. The van der Waals surface area contributed by atoms with Gasteiger partial charge in [0.15, 0.2) is 23.1 Å². The van der Waals surface area contributed by atoms with E-state index in [0.717, 1.165) is 37.0 Å². The van der Waals surface area contributed by atoms with E-state index < -0.39 is 23.7 Å². The molecule has 4 nitrogen and oxygen atoms in total. The van der Waals surface area contributed by atoms with Gasteiger partial charge < -0.3 is 9.47 Å². The number of benzene rings is 3. The Morgan fingerprint density at radius 2 is 1.65 bits per heavy atom. The topological polar surface area (TPSA) is 44.2 Å². The number of aryl methyl sites for hydroxylation is 2. The summed E-state index contributed by atoms with van der Waals surface area (Å²) in [5, 5.41) is 1.08. The minimum atomic E-state index is -4.98. The summed E-state index contributed by atoms with van der Waals surface area (Å²) in [5.41, 5.74) is 1.57. The maximum Gasteiger partial charge on any atom is 0.573 e. The van der Waals surface area contributed by atoms with E-state index in [1.54, 1.807) is 42.7 Å². The van der Waals surface area contributed by atoms with Gasteiger partial charge in [-0.3, -0.25) is 0 Å². The normalized spacial score (nSPS) is 11.6. The zero-order chi connectivity index (χ0) is 26.4. The van der Waals surface area contributed by atoms with Crippen LogP contribution in [0.25, 0.3) is 22.2 Å². The first-order valence-corrected chi connectivity index (χ1v) is 11.9. The predicted octanol–water partition coefficient (Wildman–Crippen LogP) is 7.83. The second-order valence-corrected chi connectivity index (χ2v) is 8.59. The van der Waals surface area contributed by atoms with Gasteiger partial charge in [0.1, 0.15) is 5.82 Å². The lowest BCUT2D eigenvalue weighted by molar-refractivity contribution is -0.275. The van der Waals surface area contributed by atoms with Crippen LogP contribution in [0.3, 0.4) is 0 Å². The molecule has 3 aromatic carbocycles. The van der Waals surface area contributed by atoms with Crippen LogP contribution in [0.15, 0.2) is 60.9 Å². The third-order valence-electron chi connectivity index (χ3n) is 5.84. The lowest BCUT2D eigenvalue weighted by Crippen LogP contribution is -2.18. The largest absolute Gasteiger partial charge is 0.573 e. The molecule has 37 heavy (non-hydrogen) atoms. The van der Waals surface area contributed by atoms with E-state index in [4.69, 9.17) is 4.74 Å². The number of unbranched alkanes of at least 4 members (excludes halogenated alkanes) is 2. The highest BCUT2D eigenvalue weighted by atomic mass is 19.4. The summed E-state index contributed by atoms with van der Waals surface area (Å²) < 4.78 is 75.4. The Hall–Kier alpha value is -3.75. The van der Waals surface area contributed by atoms with E-state index in [9.17, 15) is 17.6 Å². The first kappa shape index (κ1) is 26.3. The van der Waals surface area contributed by atoms with Gasteiger partial charge in [-0.1, -0.05) is 50.1 Å². The molecule has 9 heteroatoms. The molecule has 4 aromatic rings. The molecule has 0 fully saturated rings. The molecule has 0 unspecified atom stereocenters. The van der Waals surface area contributed by atoms with Crippen molar-refractivity contribution in [2.75, 3.05) is 6.61 Å². The van der Waals surface area contributed by atoms with Gasteiger partial charge >= 0.3 is 6.36 Å². The van der Waals surface area contributed by atoms with Crippen molar-refractivity contribution in [1.82, 2.24) is 9.97 Å². The van der Waals surface area contributed by atoms with Crippen LogP contribution in [-0.2, 0) is 12.8 Å². The summed E-state index contributed by atoms with van der Waals surface area (Å²) in [4.78, 5) is 8.72. The summed E-state index contributed by atoms with van der Waals surface area (Å²) in [5.74, 6) is -1.34. The maximum atomic E-state index is 15.2. The molecule has 0 aliphatic carbocycles. The second kappa shape index (κ2) is 11.5. The minimum absolute atomic E-state index is 0.241. The Kier molecular flexibility index (Phi) is 8.21. The molecule has 0 N–H and O–H groups in total. The third kappa shape index (κ3) is 6.93. The second-order valence-electron chi connectivity index (χ2n) is 8.59. The number of fused-ring (bicyclic) bond motifs is 1. The summed E-state index contributed by atoms with van der Waals surface area (Å²) in [7, 11) is 0. The molecule has 0 amide bonds. The monoisotopic (exact) mass is 516 g/mol. The molecule has 0 aliphatic heterocycles. The number of hydrogen-bond donors (Lipinski definition) is 0. The van der Waals surface area contributed by atoms with Crippen LogP contribution in [0.5, 0.6) is 11.5 Å². The highest BCUT2D eigenvalue weighted by molar-refractivity contribution is 5.87. The average molecular weight is 517 g/mol. The van der Waals surface area contributed by atoms with Gasteiger partial charge in [0.25, 0.3) is 0 Å². The minimum Gasteiger partial charge on any atom is -0.490 e. The van der Waals surface area contributed by atoms with Crippen molar-refractivity contribution in [1.29, 1.82) is 0 Å². The Morgan fingerprint density at radius 3 is 2.35 bits per heavy atom. The zero-order valence-electron chi connectivity index (χ0n) is 20.1. The van der Waals surface area contributed by atoms with Gasteiger partial charge in [0, 0.05) is 10.9 Å². The van der Waals surface area contributed by atoms with E-state index in [1.165, 1.54) is 6.07 Å². The molecule has 1 heterocycles. The Morgan fingerprint density at radius 1 is 0.865 bits per heavy atom. The molecule has 0 atom stereocenters. The van der Waals surface area contributed by atoms with Crippen LogP contribution >= 0.6 is 0 Å². The van der Waals surface area contributed by atoms with E-state index in [0.29, 0.717) is 40.1 Å². The van der Waals surface area contributed by atoms with Crippen molar-refractivity contribution >= 4 is 10.8 Å². The fourth-order valence-electron chi connectivity index (χ4n) is 3.94. The van der Waals surface area contributed by atoms with Crippen LogP contribution in [0.2, 0.25) is 0 Å². The molecule has 0 saturated carbocycles. The lowest BCUT2D eigenvalue weighted by Gasteiger charge is -2.11.